The number of para-hydroxylation sites is 1. The van der Waals surface area contributed by atoms with Crippen molar-refractivity contribution in [2.45, 2.75) is 13.3 Å². The largest absolute Gasteiger partial charge is 0.490 e. The Kier molecular flexibility index (Phi) is 7.72. The minimum absolute atomic E-state index is 0.264. The predicted molar refractivity (Wildman–Crippen MR) is 102 cm³/mol. The van der Waals surface area contributed by atoms with E-state index in [4.69, 9.17) is 21.7 Å². The van der Waals surface area contributed by atoms with Crippen LogP contribution in [0.1, 0.15) is 23.7 Å². The van der Waals surface area contributed by atoms with Crippen molar-refractivity contribution in [3.8, 4) is 11.5 Å². The maximum Gasteiger partial charge on any atom is 0.257 e. The summed E-state index contributed by atoms with van der Waals surface area (Å²) < 4.78 is 11.2. The van der Waals surface area contributed by atoms with E-state index in [-0.39, 0.29) is 5.91 Å². The Balaban J connectivity index is 1.79. The van der Waals surface area contributed by atoms with E-state index in [0.717, 1.165) is 18.7 Å². The lowest BCUT2D eigenvalue weighted by Crippen LogP contribution is -2.39. The van der Waals surface area contributed by atoms with E-state index >= 15 is 0 Å². The first-order chi connectivity index (χ1) is 12.2. The second-order valence-electron chi connectivity index (χ2n) is 5.25. The molecule has 132 valence electrons. The van der Waals surface area contributed by atoms with Crippen LogP contribution < -0.4 is 20.1 Å². The number of rotatable bonds is 8. The summed E-state index contributed by atoms with van der Waals surface area (Å²) >= 11 is 5.07. The topological polar surface area (TPSA) is 59.6 Å². The molecule has 0 aliphatic heterocycles. The highest BCUT2D eigenvalue weighted by atomic mass is 32.1. The fourth-order valence-corrected chi connectivity index (χ4v) is 2.22. The summed E-state index contributed by atoms with van der Waals surface area (Å²) in [5.41, 5.74) is 0.488. The Morgan fingerprint density at radius 3 is 2.40 bits per heavy atom. The molecule has 0 unspecified atom stereocenters. The molecule has 0 aromatic heterocycles. The first-order valence-electron chi connectivity index (χ1n) is 8.19. The maximum absolute atomic E-state index is 12.2. The summed E-state index contributed by atoms with van der Waals surface area (Å²) in [5, 5.41) is 5.93. The fourth-order valence-electron chi connectivity index (χ4n) is 2.02. The van der Waals surface area contributed by atoms with Crippen molar-refractivity contribution in [2.75, 3.05) is 19.8 Å². The molecule has 1 amide bonds. The molecule has 5 nitrogen and oxygen atoms in total. The third kappa shape index (κ3) is 6.81. The van der Waals surface area contributed by atoms with E-state index in [1.165, 1.54) is 0 Å². The average molecular weight is 358 g/mol. The van der Waals surface area contributed by atoms with E-state index in [1.54, 1.807) is 24.3 Å². The van der Waals surface area contributed by atoms with Gasteiger partial charge in [0.25, 0.3) is 5.91 Å². The molecular formula is C19H22N2O3S. The standard InChI is InChI=1S/C19H22N2O3S/c1-2-11-20-19(25)21-18(22)15-7-6-10-17(14-15)24-13-12-23-16-8-4-3-5-9-16/h3-10,14H,2,11-13H2,1H3,(H2,20,21,22,25). The van der Waals surface area contributed by atoms with Crippen LogP contribution in [0.3, 0.4) is 0 Å². The number of nitrogens with one attached hydrogen (secondary N) is 2. The Morgan fingerprint density at radius 1 is 1.00 bits per heavy atom. The van der Waals surface area contributed by atoms with Crippen LogP contribution in [-0.4, -0.2) is 30.8 Å². The Morgan fingerprint density at radius 2 is 1.68 bits per heavy atom. The van der Waals surface area contributed by atoms with Gasteiger partial charge in [-0.2, -0.15) is 0 Å². The van der Waals surface area contributed by atoms with Crippen molar-refractivity contribution >= 4 is 23.2 Å². The van der Waals surface area contributed by atoms with Crippen LogP contribution in [0.2, 0.25) is 0 Å². The van der Waals surface area contributed by atoms with E-state index in [0.29, 0.717) is 29.6 Å². The molecule has 25 heavy (non-hydrogen) atoms. The number of hydrogen-bond donors (Lipinski definition) is 2. The summed E-state index contributed by atoms with van der Waals surface area (Å²) in [6.07, 6.45) is 0.935. The summed E-state index contributed by atoms with van der Waals surface area (Å²) in [7, 11) is 0. The minimum Gasteiger partial charge on any atom is -0.490 e. The number of benzene rings is 2. The van der Waals surface area contributed by atoms with Crippen molar-refractivity contribution in [1.82, 2.24) is 10.6 Å². The number of carbonyl (C=O) groups excluding carboxylic acids is 1. The van der Waals surface area contributed by atoms with Crippen LogP contribution >= 0.6 is 12.2 Å². The average Bonchev–Trinajstić information content (AvgIpc) is 2.64. The number of hydrogen-bond acceptors (Lipinski definition) is 4. The first-order valence-corrected chi connectivity index (χ1v) is 8.59. The van der Waals surface area contributed by atoms with Crippen LogP contribution in [0.15, 0.2) is 54.6 Å². The van der Waals surface area contributed by atoms with Crippen molar-refractivity contribution < 1.29 is 14.3 Å². The van der Waals surface area contributed by atoms with Crippen LogP contribution in [-0.2, 0) is 0 Å². The van der Waals surface area contributed by atoms with Gasteiger partial charge in [0.15, 0.2) is 5.11 Å². The first kappa shape index (κ1) is 18.7. The molecule has 0 spiro atoms. The summed E-state index contributed by atoms with van der Waals surface area (Å²) in [4.78, 5) is 12.2. The Labute approximate surface area is 153 Å². The molecule has 2 aromatic carbocycles. The van der Waals surface area contributed by atoms with Gasteiger partial charge in [0.1, 0.15) is 24.7 Å². The lowest BCUT2D eigenvalue weighted by molar-refractivity contribution is 0.0976. The van der Waals surface area contributed by atoms with Gasteiger partial charge in [0.05, 0.1) is 0 Å². The molecule has 0 bridgehead atoms. The Bertz CT molecular complexity index is 692. The van der Waals surface area contributed by atoms with Crippen molar-refractivity contribution in [3.05, 3.63) is 60.2 Å². The smallest absolute Gasteiger partial charge is 0.257 e. The number of amides is 1. The van der Waals surface area contributed by atoms with Gasteiger partial charge in [0.2, 0.25) is 0 Å². The monoisotopic (exact) mass is 358 g/mol. The molecule has 0 aliphatic rings. The quantitative estimate of drug-likeness (QED) is 0.561. The predicted octanol–water partition coefficient (Wildman–Crippen LogP) is 3.16. The summed E-state index contributed by atoms with van der Waals surface area (Å²) in [6, 6.07) is 16.5. The molecule has 6 heteroatoms. The molecule has 0 heterocycles. The second-order valence-corrected chi connectivity index (χ2v) is 5.66. The van der Waals surface area contributed by atoms with Crippen LogP contribution in [0.5, 0.6) is 11.5 Å². The molecule has 0 radical (unpaired) electrons. The lowest BCUT2D eigenvalue weighted by Gasteiger charge is -2.11. The van der Waals surface area contributed by atoms with Gasteiger partial charge in [-0.25, -0.2) is 0 Å². The highest BCUT2D eigenvalue weighted by Gasteiger charge is 2.08. The normalized spacial score (nSPS) is 9.96. The van der Waals surface area contributed by atoms with Crippen molar-refractivity contribution in [3.63, 3.8) is 0 Å². The SMILES string of the molecule is CCCNC(=S)NC(=O)c1cccc(OCCOc2ccccc2)c1. The third-order valence-electron chi connectivity index (χ3n) is 3.22. The molecule has 0 saturated carbocycles. The molecule has 2 N–H and O–H groups in total. The number of ether oxygens (including phenoxy) is 2. The third-order valence-corrected chi connectivity index (χ3v) is 3.47. The van der Waals surface area contributed by atoms with Gasteiger partial charge in [-0.3, -0.25) is 10.1 Å². The van der Waals surface area contributed by atoms with Gasteiger partial charge in [-0.05, 0) is 49.0 Å². The van der Waals surface area contributed by atoms with Gasteiger partial charge in [-0.1, -0.05) is 31.2 Å². The van der Waals surface area contributed by atoms with Crippen LogP contribution in [0.4, 0.5) is 0 Å². The summed E-state index contributed by atoms with van der Waals surface area (Å²) in [5.74, 6) is 1.14. The molecule has 2 aromatic rings. The van der Waals surface area contributed by atoms with Crippen molar-refractivity contribution in [1.29, 1.82) is 0 Å². The van der Waals surface area contributed by atoms with Gasteiger partial charge >= 0.3 is 0 Å². The van der Waals surface area contributed by atoms with Crippen molar-refractivity contribution in [2.24, 2.45) is 0 Å². The minimum atomic E-state index is -0.264. The maximum atomic E-state index is 12.2. The zero-order chi connectivity index (χ0) is 17.9. The highest BCUT2D eigenvalue weighted by molar-refractivity contribution is 7.80. The highest BCUT2D eigenvalue weighted by Crippen LogP contribution is 2.14. The van der Waals surface area contributed by atoms with E-state index in [1.807, 2.05) is 37.3 Å². The second kappa shape index (κ2) is 10.3. The van der Waals surface area contributed by atoms with E-state index in [2.05, 4.69) is 10.6 Å². The molecule has 0 fully saturated rings. The molecule has 0 atom stereocenters. The van der Waals surface area contributed by atoms with Crippen LogP contribution in [0, 0.1) is 0 Å². The zero-order valence-corrected chi connectivity index (χ0v) is 15.0. The van der Waals surface area contributed by atoms with E-state index in [9.17, 15) is 4.79 Å². The molecule has 2 rings (SSSR count). The van der Waals surface area contributed by atoms with E-state index < -0.39 is 0 Å². The number of thiocarbonyl (C=S) groups is 1. The number of carbonyl (C=O) groups is 1. The van der Waals surface area contributed by atoms with Crippen LogP contribution in [0.25, 0.3) is 0 Å². The fraction of sp³-hybridized carbons (Fsp3) is 0.263. The lowest BCUT2D eigenvalue weighted by atomic mass is 10.2. The van der Waals surface area contributed by atoms with Gasteiger partial charge in [0, 0.05) is 12.1 Å². The molecular weight excluding hydrogens is 336 g/mol. The molecule has 0 saturated heterocycles. The van der Waals surface area contributed by atoms with Gasteiger partial charge in [-0.15, -0.1) is 0 Å². The zero-order valence-electron chi connectivity index (χ0n) is 14.2. The Hall–Kier alpha value is -2.60. The van der Waals surface area contributed by atoms with Gasteiger partial charge < -0.3 is 14.8 Å². The molecule has 0 aliphatic carbocycles. The summed E-state index contributed by atoms with van der Waals surface area (Å²) in [6.45, 7) is 3.56.